The van der Waals surface area contributed by atoms with Gasteiger partial charge in [-0.25, -0.2) is 9.67 Å². The molecule has 0 bridgehead atoms. The van der Waals surface area contributed by atoms with Crippen LogP contribution in [0.25, 0.3) is 5.69 Å². The monoisotopic (exact) mass is 300 g/mol. The molecule has 1 fully saturated rings. The summed E-state index contributed by atoms with van der Waals surface area (Å²) in [5.41, 5.74) is 1.27. The summed E-state index contributed by atoms with van der Waals surface area (Å²) in [6.45, 7) is 0. The average Bonchev–Trinajstić information content (AvgIpc) is 3.19. The molecule has 114 valence electrons. The van der Waals surface area contributed by atoms with Crippen molar-refractivity contribution in [3.8, 4) is 5.69 Å². The molecule has 1 aliphatic carbocycles. The zero-order valence-corrected chi connectivity index (χ0v) is 11.8. The SMILES string of the molecule is O=C(N[C@H]1CC[C@@H](C(=O)O)C1)c1cccc(-n2cncn2)c1. The maximum atomic E-state index is 12.3. The summed E-state index contributed by atoms with van der Waals surface area (Å²) >= 11 is 0. The number of nitrogens with zero attached hydrogens (tertiary/aromatic N) is 3. The number of aliphatic carboxylic acids is 1. The molecule has 1 aliphatic rings. The Labute approximate surface area is 127 Å². The van der Waals surface area contributed by atoms with Crippen molar-refractivity contribution in [1.29, 1.82) is 0 Å². The van der Waals surface area contributed by atoms with Crippen LogP contribution in [-0.2, 0) is 4.79 Å². The Hall–Kier alpha value is -2.70. The van der Waals surface area contributed by atoms with E-state index in [-0.39, 0.29) is 17.9 Å². The Balaban J connectivity index is 1.68. The number of carboxylic acid groups (broad SMARTS) is 1. The molecule has 3 rings (SSSR count). The molecule has 1 saturated carbocycles. The Morgan fingerprint density at radius 3 is 2.86 bits per heavy atom. The van der Waals surface area contributed by atoms with E-state index in [1.165, 1.54) is 6.33 Å². The minimum Gasteiger partial charge on any atom is -0.481 e. The normalized spacial score (nSPS) is 20.7. The zero-order chi connectivity index (χ0) is 15.5. The molecule has 1 aromatic heterocycles. The predicted octanol–water partition coefficient (Wildman–Crippen LogP) is 1.25. The van der Waals surface area contributed by atoms with Gasteiger partial charge in [-0.1, -0.05) is 6.07 Å². The third-order valence-electron chi connectivity index (χ3n) is 3.91. The lowest BCUT2D eigenvalue weighted by Crippen LogP contribution is -2.33. The van der Waals surface area contributed by atoms with Gasteiger partial charge in [0.05, 0.1) is 11.6 Å². The first kappa shape index (κ1) is 14.2. The van der Waals surface area contributed by atoms with E-state index in [1.807, 2.05) is 6.07 Å². The van der Waals surface area contributed by atoms with E-state index in [0.717, 1.165) is 5.69 Å². The molecule has 1 amide bonds. The van der Waals surface area contributed by atoms with Gasteiger partial charge in [-0.3, -0.25) is 9.59 Å². The van der Waals surface area contributed by atoms with Gasteiger partial charge in [-0.05, 0) is 37.5 Å². The predicted molar refractivity (Wildman–Crippen MR) is 77.6 cm³/mol. The molecular formula is C15H16N4O3. The lowest BCUT2D eigenvalue weighted by Gasteiger charge is -2.13. The Morgan fingerprint density at radius 2 is 2.18 bits per heavy atom. The Kier molecular flexibility index (Phi) is 3.86. The largest absolute Gasteiger partial charge is 0.481 e. The van der Waals surface area contributed by atoms with Crippen LogP contribution in [0.3, 0.4) is 0 Å². The third kappa shape index (κ3) is 2.98. The lowest BCUT2D eigenvalue weighted by molar-refractivity contribution is -0.141. The molecule has 0 spiro atoms. The molecule has 7 heteroatoms. The van der Waals surface area contributed by atoms with Gasteiger partial charge in [0.15, 0.2) is 0 Å². The minimum absolute atomic E-state index is 0.0800. The zero-order valence-electron chi connectivity index (χ0n) is 11.8. The van der Waals surface area contributed by atoms with Crippen LogP contribution in [0.4, 0.5) is 0 Å². The van der Waals surface area contributed by atoms with Crippen LogP contribution in [0.2, 0.25) is 0 Å². The summed E-state index contributed by atoms with van der Waals surface area (Å²) < 4.78 is 1.58. The highest BCUT2D eigenvalue weighted by atomic mass is 16.4. The second-order valence-corrected chi connectivity index (χ2v) is 5.41. The van der Waals surface area contributed by atoms with Crippen LogP contribution < -0.4 is 5.32 Å². The Morgan fingerprint density at radius 1 is 1.32 bits per heavy atom. The van der Waals surface area contributed by atoms with Gasteiger partial charge in [0, 0.05) is 11.6 Å². The summed E-state index contributed by atoms with van der Waals surface area (Å²) in [6, 6.07) is 6.98. The van der Waals surface area contributed by atoms with Crippen LogP contribution in [0.1, 0.15) is 29.6 Å². The molecule has 7 nitrogen and oxygen atoms in total. The van der Waals surface area contributed by atoms with E-state index in [0.29, 0.717) is 24.8 Å². The van der Waals surface area contributed by atoms with Crippen LogP contribution in [0, 0.1) is 5.92 Å². The van der Waals surface area contributed by atoms with Crippen molar-refractivity contribution >= 4 is 11.9 Å². The lowest BCUT2D eigenvalue weighted by atomic mass is 10.1. The van der Waals surface area contributed by atoms with Crippen molar-refractivity contribution < 1.29 is 14.7 Å². The van der Waals surface area contributed by atoms with E-state index >= 15 is 0 Å². The molecule has 2 N–H and O–H groups in total. The number of carboxylic acids is 1. The quantitative estimate of drug-likeness (QED) is 0.885. The van der Waals surface area contributed by atoms with Crippen molar-refractivity contribution in [3.63, 3.8) is 0 Å². The molecule has 0 unspecified atom stereocenters. The number of carbonyl (C=O) groups is 2. The standard InChI is InChI=1S/C15H16N4O3/c20-14(18-12-5-4-11(6-12)15(21)22)10-2-1-3-13(7-10)19-9-16-8-17-19/h1-3,7-9,11-12H,4-6H2,(H,18,20)(H,21,22)/t11-,12+/m1/s1. The second kappa shape index (κ2) is 5.97. The van der Waals surface area contributed by atoms with Crippen molar-refractivity contribution in [3.05, 3.63) is 42.5 Å². The number of hydrogen-bond acceptors (Lipinski definition) is 4. The number of carbonyl (C=O) groups excluding carboxylic acids is 1. The molecule has 2 atom stereocenters. The summed E-state index contributed by atoms with van der Waals surface area (Å²) in [7, 11) is 0. The fourth-order valence-electron chi connectivity index (χ4n) is 2.74. The summed E-state index contributed by atoms with van der Waals surface area (Å²) in [5, 5.41) is 15.9. The van der Waals surface area contributed by atoms with Crippen LogP contribution in [-0.4, -0.2) is 37.8 Å². The van der Waals surface area contributed by atoms with Gasteiger partial charge in [0.25, 0.3) is 5.91 Å². The van der Waals surface area contributed by atoms with Gasteiger partial charge in [-0.15, -0.1) is 0 Å². The first-order valence-electron chi connectivity index (χ1n) is 7.12. The molecule has 0 aliphatic heterocycles. The van der Waals surface area contributed by atoms with Gasteiger partial charge in [-0.2, -0.15) is 5.10 Å². The number of nitrogens with one attached hydrogen (secondary N) is 1. The third-order valence-corrected chi connectivity index (χ3v) is 3.91. The minimum atomic E-state index is -0.787. The van der Waals surface area contributed by atoms with Gasteiger partial charge < -0.3 is 10.4 Å². The second-order valence-electron chi connectivity index (χ2n) is 5.41. The average molecular weight is 300 g/mol. The maximum absolute atomic E-state index is 12.3. The fraction of sp³-hybridized carbons (Fsp3) is 0.333. The van der Waals surface area contributed by atoms with Gasteiger partial charge in [0.1, 0.15) is 12.7 Å². The van der Waals surface area contributed by atoms with E-state index in [4.69, 9.17) is 5.11 Å². The van der Waals surface area contributed by atoms with Crippen LogP contribution in [0.5, 0.6) is 0 Å². The topological polar surface area (TPSA) is 97.1 Å². The molecule has 0 radical (unpaired) electrons. The molecule has 2 aromatic rings. The van der Waals surface area contributed by atoms with Crippen molar-refractivity contribution in [1.82, 2.24) is 20.1 Å². The summed E-state index contributed by atoms with van der Waals surface area (Å²) in [4.78, 5) is 27.1. The molecule has 22 heavy (non-hydrogen) atoms. The highest BCUT2D eigenvalue weighted by molar-refractivity contribution is 5.95. The first-order valence-corrected chi connectivity index (χ1v) is 7.12. The Bertz CT molecular complexity index is 684. The highest BCUT2D eigenvalue weighted by Gasteiger charge is 2.30. The van der Waals surface area contributed by atoms with Crippen LogP contribution >= 0.6 is 0 Å². The smallest absolute Gasteiger partial charge is 0.306 e. The number of amides is 1. The number of benzene rings is 1. The maximum Gasteiger partial charge on any atom is 0.306 e. The van der Waals surface area contributed by atoms with E-state index in [2.05, 4.69) is 15.4 Å². The van der Waals surface area contributed by atoms with Gasteiger partial charge in [0.2, 0.25) is 0 Å². The summed E-state index contributed by atoms with van der Waals surface area (Å²) in [6.07, 6.45) is 4.79. The van der Waals surface area contributed by atoms with E-state index in [9.17, 15) is 9.59 Å². The highest BCUT2D eigenvalue weighted by Crippen LogP contribution is 2.26. The number of rotatable bonds is 4. The number of aromatic nitrogens is 3. The van der Waals surface area contributed by atoms with Crippen molar-refractivity contribution in [2.24, 2.45) is 5.92 Å². The van der Waals surface area contributed by atoms with E-state index < -0.39 is 5.97 Å². The first-order chi connectivity index (χ1) is 10.6. The molecule has 1 aromatic carbocycles. The molecule has 1 heterocycles. The van der Waals surface area contributed by atoms with Crippen LogP contribution in [0.15, 0.2) is 36.9 Å². The molecule has 0 saturated heterocycles. The number of hydrogen-bond donors (Lipinski definition) is 2. The van der Waals surface area contributed by atoms with Crippen molar-refractivity contribution in [2.75, 3.05) is 0 Å². The van der Waals surface area contributed by atoms with Gasteiger partial charge >= 0.3 is 5.97 Å². The van der Waals surface area contributed by atoms with E-state index in [1.54, 1.807) is 29.2 Å². The summed E-state index contributed by atoms with van der Waals surface area (Å²) in [5.74, 6) is -1.34. The molecular weight excluding hydrogens is 284 g/mol. The van der Waals surface area contributed by atoms with Crippen molar-refractivity contribution in [2.45, 2.75) is 25.3 Å². The fourth-order valence-corrected chi connectivity index (χ4v) is 2.74.